The lowest BCUT2D eigenvalue weighted by molar-refractivity contribution is -0.0803. The van der Waals surface area contributed by atoms with Crippen molar-refractivity contribution in [3.05, 3.63) is 96.7 Å². The van der Waals surface area contributed by atoms with E-state index in [1.165, 1.54) is 22.8 Å². The molecule has 4 nitrogen and oxygen atoms in total. The number of ether oxygens (including phenoxy) is 1. The molecule has 4 heterocycles. The normalized spacial score (nSPS) is 24.9. The van der Waals surface area contributed by atoms with Gasteiger partial charge in [0.05, 0.1) is 18.2 Å². The summed E-state index contributed by atoms with van der Waals surface area (Å²) in [4.78, 5) is 7.13. The highest BCUT2D eigenvalue weighted by atomic mass is 16.5. The molecule has 0 saturated carbocycles. The van der Waals surface area contributed by atoms with E-state index in [2.05, 4.69) is 71.1 Å². The van der Waals surface area contributed by atoms with E-state index >= 15 is 0 Å². The van der Waals surface area contributed by atoms with Crippen molar-refractivity contribution in [1.82, 2.24) is 9.88 Å². The smallest absolute Gasteiger partial charge is 0.116 e. The summed E-state index contributed by atoms with van der Waals surface area (Å²) < 4.78 is 6.80. The lowest BCUT2D eigenvalue weighted by Crippen LogP contribution is -2.55. The summed E-state index contributed by atoms with van der Waals surface area (Å²) >= 11 is 0. The molecule has 3 aliphatic heterocycles. The first-order valence-corrected chi connectivity index (χ1v) is 12.2. The van der Waals surface area contributed by atoms with Crippen molar-refractivity contribution in [2.24, 2.45) is 11.8 Å². The molecule has 1 N–H and O–H groups in total. The van der Waals surface area contributed by atoms with E-state index < -0.39 is 0 Å². The van der Waals surface area contributed by atoms with Crippen molar-refractivity contribution >= 4 is 21.7 Å². The van der Waals surface area contributed by atoms with Crippen LogP contribution in [0, 0.1) is 11.8 Å². The van der Waals surface area contributed by atoms with Crippen LogP contribution < -0.4 is 0 Å². The number of nitrogens with zero attached hydrogens (tertiary/aromatic N) is 2. The summed E-state index contributed by atoms with van der Waals surface area (Å²) in [6, 6.07) is 22.8. The predicted octanol–water partition coefficient (Wildman–Crippen LogP) is 6.25. The number of piperidine rings is 3. The van der Waals surface area contributed by atoms with Crippen molar-refractivity contribution in [3.8, 4) is 5.75 Å². The number of aromatic nitrogens is 1. The quantitative estimate of drug-likeness (QED) is 0.353. The van der Waals surface area contributed by atoms with E-state index in [9.17, 15) is 5.11 Å². The molecular formula is C30H30N2O2. The fraction of sp³-hybridized carbons (Fsp3) is 0.300. The van der Waals surface area contributed by atoms with Gasteiger partial charge < -0.3 is 9.84 Å². The molecule has 1 aromatic heterocycles. The van der Waals surface area contributed by atoms with E-state index in [1.807, 2.05) is 18.3 Å². The van der Waals surface area contributed by atoms with Crippen molar-refractivity contribution in [3.63, 3.8) is 0 Å². The van der Waals surface area contributed by atoms with Gasteiger partial charge in [-0.15, -0.1) is 6.58 Å². The van der Waals surface area contributed by atoms with Crippen molar-refractivity contribution in [1.29, 1.82) is 0 Å². The lowest BCUT2D eigenvalue weighted by atomic mass is 9.73. The molecule has 7 rings (SSSR count). The van der Waals surface area contributed by atoms with E-state index in [0.29, 0.717) is 24.5 Å². The number of rotatable bonds is 6. The highest BCUT2D eigenvalue weighted by Crippen LogP contribution is 2.44. The van der Waals surface area contributed by atoms with Gasteiger partial charge in [-0.25, -0.2) is 0 Å². The summed E-state index contributed by atoms with van der Waals surface area (Å²) in [7, 11) is 0. The Morgan fingerprint density at radius 1 is 1.09 bits per heavy atom. The van der Waals surface area contributed by atoms with Gasteiger partial charge in [-0.2, -0.15) is 0 Å². The average molecular weight is 451 g/mol. The van der Waals surface area contributed by atoms with Gasteiger partial charge in [0.1, 0.15) is 5.75 Å². The molecule has 3 aromatic carbocycles. The molecule has 4 aromatic rings. The minimum atomic E-state index is -0.104. The third-order valence-corrected chi connectivity index (χ3v) is 7.81. The van der Waals surface area contributed by atoms with Crippen LogP contribution in [0.1, 0.15) is 30.1 Å². The molecule has 4 heteroatoms. The fourth-order valence-corrected chi connectivity index (χ4v) is 6.02. The molecule has 0 spiro atoms. The second kappa shape index (κ2) is 8.86. The standard InChI is InChI=1S/C30H30N2O2/c1-2-21-18-32-14-12-24(21)16-29(32)30(26-11-13-31-28-10-9-25(33)17-27(26)28)34-19-20-7-8-22-5-3-4-6-23(22)15-20/h2-11,13,15,17,21,24,29-30,33H,1,12,14,16,18-19H2/t21-,24-,29+,30-/m0/s1. The Morgan fingerprint density at radius 3 is 2.79 bits per heavy atom. The van der Waals surface area contributed by atoms with Crippen LogP contribution in [0.5, 0.6) is 5.75 Å². The minimum Gasteiger partial charge on any atom is -0.508 e. The number of hydrogen-bond acceptors (Lipinski definition) is 4. The summed E-state index contributed by atoms with van der Waals surface area (Å²) in [5.41, 5.74) is 3.16. The minimum absolute atomic E-state index is 0.104. The third kappa shape index (κ3) is 3.87. The van der Waals surface area contributed by atoms with Crippen LogP contribution in [-0.4, -0.2) is 34.1 Å². The summed E-state index contributed by atoms with van der Waals surface area (Å²) in [6.07, 6.45) is 6.22. The number of fused-ring (bicyclic) bond motifs is 5. The predicted molar refractivity (Wildman–Crippen MR) is 137 cm³/mol. The highest BCUT2D eigenvalue weighted by Gasteiger charge is 2.43. The number of benzene rings is 3. The van der Waals surface area contributed by atoms with Crippen LogP contribution in [0.15, 0.2) is 85.6 Å². The number of phenolic OH excluding ortho intramolecular Hbond substituents is 1. The van der Waals surface area contributed by atoms with E-state index in [1.54, 1.807) is 6.07 Å². The molecule has 0 amide bonds. The summed E-state index contributed by atoms with van der Waals surface area (Å²) in [5, 5.41) is 13.7. The topological polar surface area (TPSA) is 45.6 Å². The number of aromatic hydroxyl groups is 1. The Hall–Kier alpha value is -3.21. The van der Waals surface area contributed by atoms with Gasteiger partial charge in [0.2, 0.25) is 0 Å². The van der Waals surface area contributed by atoms with E-state index in [0.717, 1.165) is 36.0 Å². The SMILES string of the molecule is C=C[C@H]1CN2CC[C@H]1C[C@@H]2[C@@H](OCc1ccc2ccccc2c1)c1ccnc2ccc(O)cc12. The highest BCUT2D eigenvalue weighted by molar-refractivity contribution is 5.84. The zero-order valence-electron chi connectivity index (χ0n) is 19.3. The van der Waals surface area contributed by atoms with Crippen LogP contribution in [-0.2, 0) is 11.3 Å². The van der Waals surface area contributed by atoms with Gasteiger partial charge in [0.15, 0.2) is 0 Å². The molecule has 3 aliphatic rings. The molecule has 0 radical (unpaired) electrons. The van der Waals surface area contributed by atoms with Crippen LogP contribution >= 0.6 is 0 Å². The second-order valence-electron chi connectivity index (χ2n) is 9.76. The van der Waals surface area contributed by atoms with Crippen LogP contribution in [0.4, 0.5) is 0 Å². The first-order valence-electron chi connectivity index (χ1n) is 12.2. The number of hydrogen-bond donors (Lipinski definition) is 1. The first kappa shape index (κ1) is 21.3. The summed E-state index contributed by atoms with van der Waals surface area (Å²) in [5.74, 6) is 1.47. The lowest BCUT2D eigenvalue weighted by Gasteiger charge is -2.51. The van der Waals surface area contributed by atoms with Gasteiger partial charge in [0, 0.05) is 24.2 Å². The molecular weight excluding hydrogens is 420 g/mol. The second-order valence-corrected chi connectivity index (χ2v) is 9.76. The maximum Gasteiger partial charge on any atom is 0.116 e. The molecule has 2 bridgehead atoms. The Labute approximate surface area is 200 Å². The molecule has 0 aliphatic carbocycles. The fourth-order valence-electron chi connectivity index (χ4n) is 6.02. The van der Waals surface area contributed by atoms with Crippen LogP contribution in [0.3, 0.4) is 0 Å². The molecule has 34 heavy (non-hydrogen) atoms. The Kier molecular flexibility index (Phi) is 5.56. The maximum atomic E-state index is 10.2. The Morgan fingerprint density at radius 2 is 1.97 bits per heavy atom. The Balaban J connectivity index is 1.37. The summed E-state index contributed by atoms with van der Waals surface area (Å²) in [6.45, 7) is 6.77. The molecule has 3 saturated heterocycles. The Bertz CT molecular complexity index is 1350. The van der Waals surface area contributed by atoms with Gasteiger partial charge in [-0.1, -0.05) is 42.5 Å². The van der Waals surface area contributed by atoms with Crippen LogP contribution in [0.2, 0.25) is 0 Å². The van der Waals surface area contributed by atoms with Crippen molar-refractivity contribution in [2.75, 3.05) is 13.1 Å². The van der Waals surface area contributed by atoms with Gasteiger partial charge in [-0.05, 0) is 83.5 Å². The van der Waals surface area contributed by atoms with E-state index in [-0.39, 0.29) is 11.9 Å². The van der Waals surface area contributed by atoms with E-state index in [4.69, 9.17) is 4.74 Å². The van der Waals surface area contributed by atoms with Crippen molar-refractivity contribution in [2.45, 2.75) is 31.6 Å². The average Bonchev–Trinajstić information content (AvgIpc) is 2.89. The largest absolute Gasteiger partial charge is 0.508 e. The molecule has 3 fully saturated rings. The molecule has 1 unspecified atom stereocenters. The van der Waals surface area contributed by atoms with Gasteiger partial charge in [0.25, 0.3) is 0 Å². The van der Waals surface area contributed by atoms with Gasteiger partial charge >= 0.3 is 0 Å². The zero-order valence-corrected chi connectivity index (χ0v) is 19.3. The number of pyridine rings is 1. The van der Waals surface area contributed by atoms with Gasteiger partial charge in [-0.3, -0.25) is 9.88 Å². The third-order valence-electron chi connectivity index (χ3n) is 7.81. The molecule has 172 valence electrons. The zero-order chi connectivity index (χ0) is 23.1. The monoisotopic (exact) mass is 450 g/mol. The van der Waals surface area contributed by atoms with Crippen LogP contribution in [0.25, 0.3) is 21.7 Å². The first-order chi connectivity index (χ1) is 16.7. The van der Waals surface area contributed by atoms with Crippen molar-refractivity contribution < 1.29 is 9.84 Å². The maximum absolute atomic E-state index is 10.2. The number of phenols is 1. The molecule has 5 atom stereocenters.